The summed E-state index contributed by atoms with van der Waals surface area (Å²) in [5, 5.41) is 24.0. The van der Waals surface area contributed by atoms with Gasteiger partial charge in [0.1, 0.15) is 12.4 Å². The molecule has 11 heteroatoms. The molecule has 2 fully saturated rings. The number of phenolic OH excluding ortho intramolecular Hbond substituents is 1. The normalized spacial score (nSPS) is 22.3. The molecule has 0 amide bonds. The van der Waals surface area contributed by atoms with E-state index >= 15 is 0 Å². The van der Waals surface area contributed by atoms with Gasteiger partial charge in [-0.25, -0.2) is 9.78 Å². The number of nitrogens with zero attached hydrogens (tertiary/aromatic N) is 4. The molecule has 0 spiro atoms. The number of aryl methyl sites for hydroxylation is 1. The van der Waals surface area contributed by atoms with Gasteiger partial charge < -0.3 is 29.0 Å². The van der Waals surface area contributed by atoms with Crippen molar-refractivity contribution in [2.24, 2.45) is 0 Å². The lowest BCUT2D eigenvalue weighted by Crippen LogP contribution is -2.44. The van der Waals surface area contributed by atoms with Crippen molar-refractivity contribution in [3.05, 3.63) is 55.9 Å². The molecule has 4 aliphatic rings. The number of esters is 1. The molecule has 2 N–H and O–H groups in total. The molecule has 0 saturated carbocycles. The fraction of sp³-hybridized carbons (Fsp3) is 0.531. The van der Waals surface area contributed by atoms with E-state index in [-0.39, 0.29) is 18.6 Å². The molecular weight excluding hydrogens is 552 g/mol. The first kappa shape index (κ1) is 28.4. The summed E-state index contributed by atoms with van der Waals surface area (Å²) in [6, 6.07) is 3.75. The van der Waals surface area contributed by atoms with Gasteiger partial charge in [-0.2, -0.15) is 0 Å². The monoisotopic (exact) mass is 590 g/mol. The van der Waals surface area contributed by atoms with Gasteiger partial charge in [-0.3, -0.25) is 14.6 Å². The number of cyclic esters (lactones) is 1. The molecule has 4 aliphatic heterocycles. The third-order valence-electron chi connectivity index (χ3n) is 9.58. The summed E-state index contributed by atoms with van der Waals surface area (Å²) >= 11 is 0. The molecule has 0 unspecified atom stereocenters. The zero-order valence-electron chi connectivity index (χ0n) is 24.8. The Bertz CT molecular complexity index is 1670. The Hall–Kier alpha value is -3.35. The summed E-state index contributed by atoms with van der Waals surface area (Å²) in [6.45, 7) is 10.9. The third-order valence-corrected chi connectivity index (χ3v) is 9.58. The van der Waals surface area contributed by atoms with Crippen LogP contribution < -0.4 is 5.56 Å². The van der Waals surface area contributed by atoms with E-state index in [0.29, 0.717) is 80.7 Å². The minimum atomic E-state index is -1.88. The molecule has 2 aromatic heterocycles. The van der Waals surface area contributed by atoms with Gasteiger partial charge in [0, 0.05) is 66.9 Å². The average molecular weight is 591 g/mol. The summed E-state index contributed by atoms with van der Waals surface area (Å²) in [5.41, 5.74) is 4.16. The first-order chi connectivity index (χ1) is 20.8. The van der Waals surface area contributed by atoms with Crippen molar-refractivity contribution in [2.45, 2.75) is 58.5 Å². The number of aliphatic hydroxyl groups is 1. The maximum atomic E-state index is 13.8. The Morgan fingerprint density at radius 2 is 1.60 bits per heavy atom. The highest BCUT2D eigenvalue weighted by Gasteiger charge is 2.45. The number of hydrogen-bond donors (Lipinski definition) is 2. The van der Waals surface area contributed by atoms with Crippen LogP contribution in [0.3, 0.4) is 0 Å². The Morgan fingerprint density at radius 1 is 0.930 bits per heavy atom. The number of aromatic hydroxyl groups is 1. The summed E-state index contributed by atoms with van der Waals surface area (Å²) in [5.74, 6) is -0.435. The van der Waals surface area contributed by atoms with Gasteiger partial charge >= 0.3 is 5.97 Å². The number of phenols is 1. The zero-order valence-corrected chi connectivity index (χ0v) is 24.8. The van der Waals surface area contributed by atoms with Crippen LogP contribution in [-0.4, -0.2) is 88.1 Å². The van der Waals surface area contributed by atoms with E-state index in [0.717, 1.165) is 59.3 Å². The number of morpholine rings is 2. The number of hydrogen-bond acceptors (Lipinski definition) is 10. The van der Waals surface area contributed by atoms with E-state index in [9.17, 15) is 19.8 Å². The van der Waals surface area contributed by atoms with Crippen molar-refractivity contribution in [3.63, 3.8) is 0 Å². The number of carbonyl (C=O) groups is 1. The van der Waals surface area contributed by atoms with Gasteiger partial charge in [0.05, 0.1) is 55.4 Å². The van der Waals surface area contributed by atoms with Crippen molar-refractivity contribution in [2.75, 3.05) is 52.6 Å². The number of benzene rings is 1. The van der Waals surface area contributed by atoms with E-state index in [2.05, 4.69) is 16.7 Å². The van der Waals surface area contributed by atoms with Crippen LogP contribution in [0.25, 0.3) is 22.3 Å². The maximum Gasteiger partial charge on any atom is 0.343 e. The minimum Gasteiger partial charge on any atom is -0.507 e. The van der Waals surface area contributed by atoms with E-state index in [1.54, 1.807) is 17.6 Å². The molecule has 7 rings (SSSR count). The molecule has 0 aliphatic carbocycles. The van der Waals surface area contributed by atoms with E-state index in [1.165, 1.54) is 0 Å². The summed E-state index contributed by atoms with van der Waals surface area (Å²) in [7, 11) is 0. The Balaban J connectivity index is 1.43. The molecule has 11 nitrogen and oxygen atoms in total. The molecule has 1 atom stereocenters. The van der Waals surface area contributed by atoms with Crippen LogP contribution in [0.2, 0.25) is 0 Å². The number of aromatic nitrogens is 2. The van der Waals surface area contributed by atoms with Gasteiger partial charge in [-0.15, -0.1) is 0 Å². The van der Waals surface area contributed by atoms with Crippen molar-refractivity contribution < 1.29 is 29.2 Å². The Morgan fingerprint density at radius 3 is 2.26 bits per heavy atom. The van der Waals surface area contributed by atoms with E-state index in [4.69, 9.17) is 19.2 Å². The maximum absolute atomic E-state index is 13.8. The number of ether oxygens (including phenoxy) is 3. The summed E-state index contributed by atoms with van der Waals surface area (Å²) < 4.78 is 18.1. The largest absolute Gasteiger partial charge is 0.507 e. The molecule has 6 heterocycles. The second kappa shape index (κ2) is 11.0. The van der Waals surface area contributed by atoms with E-state index < -0.39 is 11.6 Å². The molecule has 2 saturated heterocycles. The van der Waals surface area contributed by atoms with Crippen molar-refractivity contribution >= 4 is 16.9 Å². The predicted octanol–water partition coefficient (Wildman–Crippen LogP) is 2.01. The second-order valence-electron chi connectivity index (χ2n) is 11.9. The van der Waals surface area contributed by atoms with Crippen LogP contribution in [-0.2, 0) is 57.3 Å². The number of carbonyl (C=O) groups excluding carboxylic acids is 1. The highest BCUT2D eigenvalue weighted by atomic mass is 16.6. The average Bonchev–Trinajstić information content (AvgIpc) is 3.40. The van der Waals surface area contributed by atoms with Gasteiger partial charge in [0.15, 0.2) is 5.60 Å². The van der Waals surface area contributed by atoms with Gasteiger partial charge in [0.25, 0.3) is 5.56 Å². The lowest BCUT2D eigenvalue weighted by molar-refractivity contribution is -0.172. The molecule has 43 heavy (non-hydrogen) atoms. The molecule has 0 radical (unpaired) electrons. The van der Waals surface area contributed by atoms with Crippen LogP contribution in [0.5, 0.6) is 5.75 Å². The van der Waals surface area contributed by atoms with Crippen molar-refractivity contribution in [1.29, 1.82) is 0 Å². The number of fused-ring (bicyclic) bond motifs is 5. The highest BCUT2D eigenvalue weighted by molar-refractivity contribution is 5.93. The first-order valence-corrected chi connectivity index (χ1v) is 15.3. The smallest absolute Gasteiger partial charge is 0.343 e. The Labute approximate surface area is 249 Å². The predicted molar refractivity (Wildman–Crippen MR) is 158 cm³/mol. The standard InChI is InChI=1S/C32H38N4O7/c1-3-20-21-17-36-26(14-24-23(30(36)38)18-43-31(39)32(24,40)4-2)28(21)33-25-13-19(15-34-5-9-41-10-6-34)29(37)22(27(20)25)16-35-7-11-42-12-8-35/h13-14,37,40H,3-12,15-18H2,1-2H3/t32-/m0/s1. The molecule has 3 aromatic rings. The lowest BCUT2D eigenvalue weighted by Gasteiger charge is -2.31. The Kier molecular flexibility index (Phi) is 7.26. The quantitative estimate of drug-likeness (QED) is 0.322. The lowest BCUT2D eigenvalue weighted by atomic mass is 9.86. The van der Waals surface area contributed by atoms with Crippen LogP contribution in [0.1, 0.15) is 53.6 Å². The van der Waals surface area contributed by atoms with Crippen molar-refractivity contribution in [1.82, 2.24) is 19.4 Å². The minimum absolute atomic E-state index is 0.0923. The highest BCUT2D eigenvalue weighted by Crippen LogP contribution is 2.43. The van der Waals surface area contributed by atoms with Gasteiger partial charge in [0.2, 0.25) is 0 Å². The van der Waals surface area contributed by atoms with E-state index in [1.807, 2.05) is 6.07 Å². The zero-order chi connectivity index (χ0) is 29.9. The fourth-order valence-electron chi connectivity index (χ4n) is 7.12. The number of rotatable bonds is 6. The van der Waals surface area contributed by atoms with Crippen molar-refractivity contribution in [3.8, 4) is 17.1 Å². The fourth-order valence-corrected chi connectivity index (χ4v) is 7.12. The van der Waals surface area contributed by atoms with Gasteiger partial charge in [-0.1, -0.05) is 13.8 Å². The molecule has 1 aromatic carbocycles. The topological polar surface area (TPSA) is 127 Å². The molecular formula is C32H38N4O7. The van der Waals surface area contributed by atoms with Crippen LogP contribution in [0.15, 0.2) is 16.9 Å². The first-order valence-electron chi connectivity index (χ1n) is 15.3. The van der Waals surface area contributed by atoms with Gasteiger partial charge in [-0.05, 0) is 30.5 Å². The SMILES string of the molecule is CCc1c2c(nc3cc(CN4CCOCC4)c(O)c(CN4CCOCC4)c13)-c1cc3c(c(=O)n1C2)COC(=O)[C@]3(O)CC. The molecule has 0 bridgehead atoms. The van der Waals surface area contributed by atoms with Crippen LogP contribution in [0, 0.1) is 0 Å². The van der Waals surface area contributed by atoms with Crippen LogP contribution in [0.4, 0.5) is 0 Å². The second-order valence-corrected chi connectivity index (χ2v) is 11.9. The molecule has 228 valence electrons. The number of pyridine rings is 2. The van der Waals surface area contributed by atoms with Crippen LogP contribution >= 0.6 is 0 Å². The third kappa shape index (κ3) is 4.56. The summed E-state index contributed by atoms with van der Waals surface area (Å²) in [4.78, 5) is 36.2. The summed E-state index contributed by atoms with van der Waals surface area (Å²) in [6.07, 6.45) is 0.775.